The van der Waals surface area contributed by atoms with Gasteiger partial charge in [0.05, 0.1) is 12.2 Å². The molecule has 0 bridgehead atoms. The second-order valence-corrected chi connectivity index (χ2v) is 5.28. The zero-order valence-electron chi connectivity index (χ0n) is 7.24. The summed E-state index contributed by atoms with van der Waals surface area (Å²) >= 11 is 0. The summed E-state index contributed by atoms with van der Waals surface area (Å²) in [5, 5.41) is 0.822. The Balaban J connectivity index is 2.84. The summed E-state index contributed by atoms with van der Waals surface area (Å²) in [4.78, 5) is 21.7. The number of rotatable bonds is 3. The monoisotopic (exact) mass is 205 g/mol. The third kappa shape index (κ3) is 2.06. The third-order valence-corrected chi connectivity index (χ3v) is 4.07. The van der Waals surface area contributed by atoms with E-state index in [-0.39, 0.29) is 12.2 Å². The lowest BCUT2D eigenvalue weighted by Gasteiger charge is -2.05. The predicted molar refractivity (Wildman–Crippen MR) is 45.6 cm³/mol. The summed E-state index contributed by atoms with van der Waals surface area (Å²) in [6, 6.07) is 0. The Labute approximate surface area is 76.4 Å². The number of carbonyl (C=O) groups excluding carboxylic acids is 2. The highest BCUT2D eigenvalue weighted by Crippen LogP contribution is 2.13. The minimum absolute atomic E-state index is 0.0433. The first-order valence-corrected chi connectivity index (χ1v) is 5.74. The van der Waals surface area contributed by atoms with E-state index in [2.05, 4.69) is 0 Å². The van der Waals surface area contributed by atoms with E-state index < -0.39 is 26.9 Å². The number of nitrogens with one attached hydrogen (secondary N) is 1. The summed E-state index contributed by atoms with van der Waals surface area (Å²) in [5.41, 5.74) is 0. The lowest BCUT2D eigenvalue weighted by Crippen LogP contribution is -2.32. The number of carbonyl (C=O) groups is 2. The fourth-order valence-electron chi connectivity index (χ4n) is 1.25. The van der Waals surface area contributed by atoms with Crippen molar-refractivity contribution in [3.05, 3.63) is 0 Å². The first kappa shape index (κ1) is 10.2. The Kier molecular flexibility index (Phi) is 2.70. The summed E-state index contributed by atoms with van der Waals surface area (Å²) in [7, 11) is -3.43. The van der Waals surface area contributed by atoms with E-state index in [4.69, 9.17) is 0 Å². The molecular weight excluding hydrogens is 194 g/mol. The van der Waals surface area contributed by atoms with Crippen molar-refractivity contribution in [1.29, 1.82) is 0 Å². The van der Waals surface area contributed by atoms with Gasteiger partial charge >= 0.3 is 0 Å². The fourth-order valence-corrected chi connectivity index (χ4v) is 2.89. The Morgan fingerprint density at radius 2 is 2.08 bits per heavy atom. The maximum atomic E-state index is 11.4. The van der Waals surface area contributed by atoms with Gasteiger partial charge in [0.1, 0.15) is 5.25 Å². The molecule has 6 heteroatoms. The van der Waals surface area contributed by atoms with Crippen molar-refractivity contribution in [1.82, 2.24) is 5.32 Å². The van der Waals surface area contributed by atoms with Crippen LogP contribution in [-0.2, 0) is 19.4 Å². The Bertz CT molecular complexity index is 332. The Hall–Kier alpha value is -0.910. The lowest BCUT2D eigenvalue weighted by molar-refractivity contribution is -0.124. The maximum Gasteiger partial charge on any atom is 0.245 e. The highest BCUT2D eigenvalue weighted by atomic mass is 32.2. The van der Waals surface area contributed by atoms with E-state index in [1.165, 1.54) is 0 Å². The molecule has 74 valence electrons. The van der Waals surface area contributed by atoms with Crippen molar-refractivity contribution < 1.29 is 18.0 Å². The largest absolute Gasteiger partial charge is 0.295 e. The molecule has 1 fully saturated rings. The van der Waals surface area contributed by atoms with Crippen molar-refractivity contribution in [2.45, 2.75) is 25.0 Å². The SMILES string of the molecule is CCCS(=O)(=O)C1CC(=O)NC1=O. The zero-order chi connectivity index (χ0) is 10.1. The van der Waals surface area contributed by atoms with Gasteiger partial charge < -0.3 is 0 Å². The molecule has 0 radical (unpaired) electrons. The van der Waals surface area contributed by atoms with E-state index in [9.17, 15) is 18.0 Å². The average molecular weight is 205 g/mol. The van der Waals surface area contributed by atoms with E-state index in [0.717, 1.165) is 0 Å². The van der Waals surface area contributed by atoms with E-state index in [1.807, 2.05) is 5.32 Å². The third-order valence-electron chi connectivity index (χ3n) is 1.85. The van der Waals surface area contributed by atoms with Crippen LogP contribution in [0, 0.1) is 0 Å². The molecule has 0 saturated carbocycles. The lowest BCUT2D eigenvalue weighted by atomic mass is 10.4. The number of hydrogen-bond donors (Lipinski definition) is 1. The van der Waals surface area contributed by atoms with Crippen LogP contribution in [0.1, 0.15) is 19.8 Å². The van der Waals surface area contributed by atoms with Gasteiger partial charge in [0, 0.05) is 0 Å². The van der Waals surface area contributed by atoms with Crippen molar-refractivity contribution in [3.8, 4) is 0 Å². The first-order valence-electron chi connectivity index (χ1n) is 4.02. The molecule has 5 nitrogen and oxygen atoms in total. The summed E-state index contributed by atoms with van der Waals surface area (Å²) in [6.45, 7) is 1.71. The molecular formula is C7H11NO4S. The predicted octanol–water partition coefficient (Wildman–Crippen LogP) is -0.774. The van der Waals surface area contributed by atoms with Crippen LogP contribution >= 0.6 is 0 Å². The van der Waals surface area contributed by atoms with Gasteiger partial charge in [-0.05, 0) is 6.42 Å². The zero-order valence-corrected chi connectivity index (χ0v) is 8.06. The van der Waals surface area contributed by atoms with Crippen molar-refractivity contribution in [2.24, 2.45) is 0 Å². The van der Waals surface area contributed by atoms with Gasteiger partial charge in [-0.25, -0.2) is 8.42 Å². The maximum absolute atomic E-state index is 11.4. The van der Waals surface area contributed by atoms with Crippen LogP contribution < -0.4 is 5.32 Å². The van der Waals surface area contributed by atoms with Gasteiger partial charge in [-0.2, -0.15) is 0 Å². The van der Waals surface area contributed by atoms with Crippen LogP contribution in [0.15, 0.2) is 0 Å². The molecule has 1 aliphatic rings. The number of sulfone groups is 1. The van der Waals surface area contributed by atoms with Crippen molar-refractivity contribution in [2.75, 3.05) is 5.75 Å². The average Bonchev–Trinajstić information content (AvgIpc) is 2.30. The van der Waals surface area contributed by atoms with Crippen LogP contribution in [0.4, 0.5) is 0 Å². The van der Waals surface area contributed by atoms with Gasteiger partial charge in [0.15, 0.2) is 9.84 Å². The Morgan fingerprint density at radius 3 is 2.46 bits per heavy atom. The quantitative estimate of drug-likeness (QED) is 0.613. The second-order valence-electron chi connectivity index (χ2n) is 2.97. The highest BCUT2D eigenvalue weighted by Gasteiger charge is 2.39. The smallest absolute Gasteiger partial charge is 0.245 e. The van der Waals surface area contributed by atoms with Gasteiger partial charge in [0.2, 0.25) is 11.8 Å². The molecule has 0 aromatic heterocycles. The fraction of sp³-hybridized carbons (Fsp3) is 0.714. The van der Waals surface area contributed by atoms with Gasteiger partial charge in [-0.1, -0.05) is 6.92 Å². The number of amides is 2. The molecule has 0 aromatic rings. The standard InChI is InChI=1S/C7H11NO4S/c1-2-3-13(11,12)5-4-6(9)8-7(5)10/h5H,2-4H2,1H3,(H,8,9,10). The molecule has 1 atom stereocenters. The van der Waals surface area contributed by atoms with E-state index in [0.29, 0.717) is 6.42 Å². The molecule has 1 rings (SSSR count). The van der Waals surface area contributed by atoms with Crippen LogP contribution in [-0.4, -0.2) is 31.2 Å². The van der Waals surface area contributed by atoms with Crippen LogP contribution in [0.3, 0.4) is 0 Å². The summed E-state index contributed by atoms with van der Waals surface area (Å²) in [5.74, 6) is -1.23. The molecule has 2 amide bonds. The van der Waals surface area contributed by atoms with Crippen LogP contribution in [0.5, 0.6) is 0 Å². The number of hydrogen-bond acceptors (Lipinski definition) is 4. The molecule has 1 saturated heterocycles. The summed E-state index contributed by atoms with van der Waals surface area (Å²) in [6.07, 6.45) is 0.238. The number of imide groups is 1. The van der Waals surface area contributed by atoms with Crippen molar-refractivity contribution in [3.63, 3.8) is 0 Å². The minimum atomic E-state index is -3.43. The molecule has 1 unspecified atom stereocenters. The molecule has 0 aromatic carbocycles. The molecule has 13 heavy (non-hydrogen) atoms. The highest BCUT2D eigenvalue weighted by molar-refractivity contribution is 7.92. The molecule has 0 aliphatic carbocycles. The second kappa shape index (κ2) is 3.45. The van der Waals surface area contributed by atoms with Gasteiger partial charge in [-0.3, -0.25) is 14.9 Å². The molecule has 1 N–H and O–H groups in total. The topological polar surface area (TPSA) is 80.3 Å². The van der Waals surface area contributed by atoms with Crippen LogP contribution in [0.2, 0.25) is 0 Å². The Morgan fingerprint density at radius 1 is 1.46 bits per heavy atom. The van der Waals surface area contributed by atoms with Gasteiger partial charge in [-0.15, -0.1) is 0 Å². The molecule has 1 heterocycles. The van der Waals surface area contributed by atoms with E-state index in [1.54, 1.807) is 6.92 Å². The van der Waals surface area contributed by atoms with Crippen LogP contribution in [0.25, 0.3) is 0 Å². The summed E-state index contributed by atoms with van der Waals surface area (Å²) < 4.78 is 22.8. The van der Waals surface area contributed by atoms with E-state index >= 15 is 0 Å². The minimum Gasteiger partial charge on any atom is -0.295 e. The normalized spacial score (nSPS) is 23.3. The van der Waals surface area contributed by atoms with Crippen molar-refractivity contribution >= 4 is 21.7 Å². The molecule has 0 spiro atoms. The van der Waals surface area contributed by atoms with Gasteiger partial charge in [0.25, 0.3) is 0 Å². The first-order chi connectivity index (χ1) is 5.97. The molecule has 1 aliphatic heterocycles.